The predicted molar refractivity (Wildman–Crippen MR) is 116 cm³/mol. The molecule has 156 valence electrons. The van der Waals surface area contributed by atoms with E-state index in [9.17, 15) is 8.42 Å². The van der Waals surface area contributed by atoms with Crippen molar-refractivity contribution in [1.82, 2.24) is 19.3 Å². The van der Waals surface area contributed by atoms with Crippen LogP contribution in [0.25, 0.3) is 0 Å². The van der Waals surface area contributed by atoms with E-state index >= 15 is 0 Å². The standard InChI is InChI=1S/C21H22ClN5O2S/c1-14-13-15(2)24-21(23-14)26-20-11-5-8-17(25-20)18-9-6-12-27(18)30(28,29)19-10-4-3-7-16(19)22/h3-5,7-8,10-11,13,18H,6,9,12H2,1-2H3,(H,23,24,25,26)/t18-/m0/s1. The fourth-order valence-electron chi connectivity index (χ4n) is 3.71. The summed E-state index contributed by atoms with van der Waals surface area (Å²) in [5.74, 6) is 1.03. The summed E-state index contributed by atoms with van der Waals surface area (Å²) in [7, 11) is -3.73. The van der Waals surface area contributed by atoms with Crippen molar-refractivity contribution in [3.05, 3.63) is 70.6 Å². The van der Waals surface area contributed by atoms with E-state index in [1.807, 2.05) is 38.1 Å². The molecule has 1 saturated heterocycles. The second-order valence-corrected chi connectivity index (χ2v) is 9.52. The smallest absolute Gasteiger partial charge is 0.245 e. The van der Waals surface area contributed by atoms with Crippen molar-refractivity contribution in [3.8, 4) is 0 Å². The summed E-state index contributed by atoms with van der Waals surface area (Å²) in [4.78, 5) is 13.5. The third-order valence-electron chi connectivity index (χ3n) is 4.96. The van der Waals surface area contributed by atoms with Gasteiger partial charge in [0.1, 0.15) is 10.7 Å². The fraction of sp³-hybridized carbons (Fsp3) is 0.286. The number of nitrogens with one attached hydrogen (secondary N) is 1. The first kappa shape index (κ1) is 20.7. The lowest BCUT2D eigenvalue weighted by Crippen LogP contribution is -2.31. The molecule has 0 spiro atoms. The highest BCUT2D eigenvalue weighted by atomic mass is 35.5. The Kier molecular flexibility index (Phi) is 5.73. The summed E-state index contributed by atoms with van der Waals surface area (Å²) in [5.41, 5.74) is 2.39. The molecule has 1 aliphatic rings. The van der Waals surface area contributed by atoms with Crippen molar-refractivity contribution in [2.75, 3.05) is 11.9 Å². The number of rotatable bonds is 5. The molecule has 3 aromatic rings. The van der Waals surface area contributed by atoms with E-state index in [0.717, 1.165) is 17.8 Å². The minimum Gasteiger partial charge on any atom is -0.309 e. The van der Waals surface area contributed by atoms with Crippen LogP contribution in [0.1, 0.15) is 36.0 Å². The molecule has 0 amide bonds. The van der Waals surface area contributed by atoms with Gasteiger partial charge in [-0.3, -0.25) is 0 Å². The lowest BCUT2D eigenvalue weighted by molar-refractivity contribution is 0.391. The average Bonchev–Trinajstić information content (AvgIpc) is 3.18. The summed E-state index contributed by atoms with van der Waals surface area (Å²) in [5, 5.41) is 3.34. The van der Waals surface area contributed by atoms with Gasteiger partial charge in [0.25, 0.3) is 0 Å². The molecule has 1 aliphatic heterocycles. The molecule has 2 aromatic heterocycles. The molecule has 3 heterocycles. The van der Waals surface area contributed by atoms with Crippen molar-refractivity contribution >= 4 is 33.4 Å². The van der Waals surface area contributed by atoms with Gasteiger partial charge in [-0.25, -0.2) is 23.4 Å². The Labute approximate surface area is 181 Å². The van der Waals surface area contributed by atoms with Gasteiger partial charge in [0.05, 0.1) is 16.8 Å². The first-order valence-corrected chi connectivity index (χ1v) is 11.5. The highest BCUT2D eigenvalue weighted by Crippen LogP contribution is 2.37. The third kappa shape index (κ3) is 4.16. The van der Waals surface area contributed by atoms with Gasteiger partial charge in [0, 0.05) is 17.9 Å². The van der Waals surface area contributed by atoms with Gasteiger partial charge >= 0.3 is 0 Å². The van der Waals surface area contributed by atoms with Crippen LogP contribution in [0.3, 0.4) is 0 Å². The third-order valence-corrected chi connectivity index (χ3v) is 7.37. The van der Waals surface area contributed by atoms with E-state index in [-0.39, 0.29) is 16.0 Å². The molecular weight excluding hydrogens is 422 g/mol. The lowest BCUT2D eigenvalue weighted by atomic mass is 10.1. The molecule has 0 radical (unpaired) electrons. The van der Waals surface area contributed by atoms with E-state index in [2.05, 4.69) is 20.3 Å². The molecule has 0 saturated carbocycles. The second-order valence-electron chi connectivity index (χ2n) is 7.25. The van der Waals surface area contributed by atoms with Crippen molar-refractivity contribution < 1.29 is 8.42 Å². The average molecular weight is 444 g/mol. The molecular formula is C21H22ClN5O2S. The highest BCUT2D eigenvalue weighted by Gasteiger charge is 2.37. The SMILES string of the molecule is Cc1cc(C)nc(Nc2cccc([C@@H]3CCCN3S(=O)(=O)c3ccccc3Cl)n2)n1. The zero-order valence-corrected chi connectivity index (χ0v) is 18.3. The Hall–Kier alpha value is -2.55. The number of pyridine rings is 1. The quantitative estimate of drug-likeness (QED) is 0.628. The van der Waals surface area contributed by atoms with Crippen LogP contribution in [0.5, 0.6) is 0 Å². The van der Waals surface area contributed by atoms with Gasteiger partial charge in [-0.15, -0.1) is 0 Å². The maximum Gasteiger partial charge on any atom is 0.245 e. The van der Waals surface area contributed by atoms with E-state index in [1.54, 1.807) is 18.2 Å². The Morgan fingerprint density at radius 3 is 2.50 bits per heavy atom. The maximum atomic E-state index is 13.3. The van der Waals surface area contributed by atoms with Crippen LogP contribution < -0.4 is 5.32 Å². The Morgan fingerprint density at radius 2 is 1.77 bits per heavy atom. The van der Waals surface area contributed by atoms with Crippen molar-refractivity contribution in [1.29, 1.82) is 0 Å². The first-order chi connectivity index (χ1) is 14.3. The number of anilines is 2. The van der Waals surface area contributed by atoms with E-state index in [0.29, 0.717) is 30.4 Å². The van der Waals surface area contributed by atoms with E-state index < -0.39 is 10.0 Å². The largest absolute Gasteiger partial charge is 0.309 e. The van der Waals surface area contributed by atoms with Gasteiger partial charge in [-0.05, 0) is 57.0 Å². The zero-order chi connectivity index (χ0) is 21.3. The van der Waals surface area contributed by atoms with Crippen LogP contribution in [-0.2, 0) is 10.0 Å². The Morgan fingerprint density at radius 1 is 1.03 bits per heavy atom. The molecule has 30 heavy (non-hydrogen) atoms. The molecule has 0 bridgehead atoms. The number of aromatic nitrogens is 3. The van der Waals surface area contributed by atoms with E-state index in [1.165, 1.54) is 10.4 Å². The zero-order valence-electron chi connectivity index (χ0n) is 16.7. The number of hydrogen-bond donors (Lipinski definition) is 1. The minimum atomic E-state index is -3.73. The number of sulfonamides is 1. The van der Waals surface area contributed by atoms with Crippen molar-refractivity contribution in [3.63, 3.8) is 0 Å². The molecule has 7 nitrogen and oxygen atoms in total. The molecule has 4 rings (SSSR count). The Bertz CT molecular complexity index is 1170. The normalized spacial score (nSPS) is 17.2. The maximum absolute atomic E-state index is 13.3. The number of nitrogens with zero attached hydrogens (tertiary/aromatic N) is 4. The monoisotopic (exact) mass is 443 g/mol. The van der Waals surface area contributed by atoms with Crippen LogP contribution in [0, 0.1) is 13.8 Å². The summed E-state index contributed by atoms with van der Waals surface area (Å²) in [6, 6.07) is 13.6. The summed E-state index contributed by atoms with van der Waals surface area (Å²) >= 11 is 6.18. The first-order valence-electron chi connectivity index (χ1n) is 9.67. The van der Waals surface area contributed by atoms with Crippen molar-refractivity contribution in [2.24, 2.45) is 0 Å². The van der Waals surface area contributed by atoms with Gasteiger partial charge in [-0.2, -0.15) is 4.31 Å². The lowest BCUT2D eigenvalue weighted by Gasteiger charge is -2.24. The number of hydrogen-bond acceptors (Lipinski definition) is 6. The minimum absolute atomic E-state index is 0.122. The van der Waals surface area contributed by atoms with Crippen LogP contribution >= 0.6 is 11.6 Å². The van der Waals surface area contributed by atoms with Gasteiger partial charge in [0.15, 0.2) is 0 Å². The predicted octanol–water partition coefficient (Wildman–Crippen LogP) is 4.41. The van der Waals surface area contributed by atoms with Crippen LogP contribution in [-0.4, -0.2) is 34.2 Å². The Balaban J connectivity index is 1.63. The van der Waals surface area contributed by atoms with Gasteiger partial charge in [0.2, 0.25) is 16.0 Å². The van der Waals surface area contributed by atoms with Gasteiger partial charge < -0.3 is 5.32 Å². The number of benzene rings is 1. The van der Waals surface area contributed by atoms with Crippen LogP contribution in [0.4, 0.5) is 11.8 Å². The van der Waals surface area contributed by atoms with Crippen molar-refractivity contribution in [2.45, 2.75) is 37.6 Å². The molecule has 1 fully saturated rings. The van der Waals surface area contributed by atoms with Gasteiger partial charge in [-0.1, -0.05) is 29.8 Å². The molecule has 0 aliphatic carbocycles. The fourth-order valence-corrected chi connectivity index (χ4v) is 5.87. The van der Waals surface area contributed by atoms with Crippen LogP contribution in [0.2, 0.25) is 5.02 Å². The number of aryl methyl sites for hydroxylation is 2. The highest BCUT2D eigenvalue weighted by molar-refractivity contribution is 7.89. The summed E-state index contributed by atoms with van der Waals surface area (Å²) in [6.45, 7) is 4.23. The molecule has 1 aromatic carbocycles. The van der Waals surface area contributed by atoms with Crippen LogP contribution in [0.15, 0.2) is 53.4 Å². The van der Waals surface area contributed by atoms with E-state index in [4.69, 9.17) is 11.6 Å². The topological polar surface area (TPSA) is 88.1 Å². The molecule has 1 atom stereocenters. The summed E-state index contributed by atoms with van der Waals surface area (Å²) < 4.78 is 28.0. The summed E-state index contributed by atoms with van der Waals surface area (Å²) in [6.07, 6.45) is 1.45. The molecule has 1 N–H and O–H groups in total. The molecule has 0 unspecified atom stereocenters. The number of halogens is 1. The second kappa shape index (κ2) is 8.29. The molecule has 9 heteroatoms.